The summed E-state index contributed by atoms with van der Waals surface area (Å²) in [4.78, 5) is 27.5. The molecule has 132 valence electrons. The standard InChI is InChI=1S/C17H25N3O4/c1-3-23-16(21)15(17(22)24-4-2)8-6-5-7-11-19-20-14-9-12-18-13-10-14/h9-10,12-13,15H,3-8,11H2,1-2H3. The Bertz CT molecular complexity index is 502. The Morgan fingerprint density at radius 3 is 2.25 bits per heavy atom. The van der Waals surface area contributed by atoms with Gasteiger partial charge in [0.25, 0.3) is 0 Å². The predicted molar refractivity (Wildman–Crippen MR) is 88.8 cm³/mol. The third-order valence-corrected chi connectivity index (χ3v) is 3.24. The molecule has 0 aromatic carbocycles. The first kappa shape index (κ1) is 19.7. The third kappa shape index (κ3) is 7.80. The van der Waals surface area contributed by atoms with E-state index in [9.17, 15) is 9.59 Å². The largest absolute Gasteiger partial charge is 0.465 e. The van der Waals surface area contributed by atoms with Crippen LogP contribution in [-0.4, -0.2) is 36.7 Å². The van der Waals surface area contributed by atoms with Gasteiger partial charge in [0.05, 0.1) is 25.4 Å². The van der Waals surface area contributed by atoms with E-state index in [1.165, 1.54) is 0 Å². The van der Waals surface area contributed by atoms with Crippen molar-refractivity contribution in [2.75, 3.05) is 19.8 Å². The number of esters is 2. The molecule has 0 atom stereocenters. The second-order valence-corrected chi connectivity index (χ2v) is 5.08. The smallest absolute Gasteiger partial charge is 0.320 e. The summed E-state index contributed by atoms with van der Waals surface area (Å²) >= 11 is 0. The van der Waals surface area contributed by atoms with Gasteiger partial charge in [-0.25, -0.2) is 0 Å². The number of ether oxygens (including phenoxy) is 2. The fraction of sp³-hybridized carbons (Fsp3) is 0.588. The molecule has 1 aromatic heterocycles. The monoisotopic (exact) mass is 335 g/mol. The molecule has 0 aliphatic heterocycles. The molecule has 0 unspecified atom stereocenters. The van der Waals surface area contributed by atoms with Crippen molar-refractivity contribution < 1.29 is 19.1 Å². The van der Waals surface area contributed by atoms with E-state index in [0.717, 1.165) is 24.9 Å². The van der Waals surface area contributed by atoms with Crippen LogP contribution >= 0.6 is 0 Å². The molecule has 0 spiro atoms. The maximum absolute atomic E-state index is 11.8. The molecule has 0 aliphatic carbocycles. The molecule has 0 saturated carbocycles. The highest BCUT2D eigenvalue weighted by Gasteiger charge is 2.28. The zero-order valence-electron chi connectivity index (χ0n) is 14.3. The molecular weight excluding hydrogens is 310 g/mol. The number of carbonyl (C=O) groups excluding carboxylic acids is 2. The summed E-state index contributed by atoms with van der Waals surface area (Å²) in [6.07, 6.45) is 6.18. The van der Waals surface area contributed by atoms with E-state index in [0.29, 0.717) is 13.0 Å². The molecule has 7 nitrogen and oxygen atoms in total. The van der Waals surface area contributed by atoms with E-state index < -0.39 is 17.9 Å². The lowest BCUT2D eigenvalue weighted by Crippen LogP contribution is -2.28. The molecule has 0 aliphatic rings. The highest BCUT2D eigenvalue weighted by atomic mass is 16.6. The van der Waals surface area contributed by atoms with E-state index in [1.54, 1.807) is 38.4 Å². The first-order valence-corrected chi connectivity index (χ1v) is 8.29. The highest BCUT2D eigenvalue weighted by molar-refractivity contribution is 5.94. The molecule has 0 fully saturated rings. The third-order valence-electron chi connectivity index (χ3n) is 3.24. The number of aromatic nitrogens is 1. The SMILES string of the molecule is CCOC(=O)C(CCCCCN=Nc1ccncc1)C(=O)OCC. The number of rotatable bonds is 11. The molecule has 1 rings (SSSR count). The average molecular weight is 335 g/mol. The van der Waals surface area contributed by atoms with Crippen LogP contribution in [0, 0.1) is 5.92 Å². The minimum atomic E-state index is -0.830. The van der Waals surface area contributed by atoms with Gasteiger partial charge in [-0.05, 0) is 38.8 Å². The summed E-state index contributed by atoms with van der Waals surface area (Å²) in [5.74, 6) is -1.84. The van der Waals surface area contributed by atoms with Gasteiger partial charge in [0, 0.05) is 12.4 Å². The number of pyridine rings is 1. The van der Waals surface area contributed by atoms with Crippen LogP contribution in [0.25, 0.3) is 0 Å². The molecule has 0 saturated heterocycles. The Kier molecular flexibility index (Phi) is 9.99. The van der Waals surface area contributed by atoms with Gasteiger partial charge in [0.1, 0.15) is 0 Å². The number of hydrogen-bond acceptors (Lipinski definition) is 7. The zero-order chi connectivity index (χ0) is 17.6. The molecule has 0 N–H and O–H groups in total. The van der Waals surface area contributed by atoms with Crippen LogP contribution in [0.5, 0.6) is 0 Å². The van der Waals surface area contributed by atoms with E-state index >= 15 is 0 Å². The van der Waals surface area contributed by atoms with Crippen molar-refractivity contribution in [1.82, 2.24) is 4.98 Å². The second-order valence-electron chi connectivity index (χ2n) is 5.08. The molecular formula is C17H25N3O4. The molecule has 7 heteroatoms. The van der Waals surface area contributed by atoms with Crippen LogP contribution in [0.15, 0.2) is 34.8 Å². The molecule has 24 heavy (non-hydrogen) atoms. The van der Waals surface area contributed by atoms with Gasteiger partial charge < -0.3 is 9.47 Å². The molecule has 0 bridgehead atoms. The van der Waals surface area contributed by atoms with Crippen molar-refractivity contribution in [2.24, 2.45) is 16.1 Å². The molecule has 0 radical (unpaired) electrons. The van der Waals surface area contributed by atoms with Gasteiger partial charge in [-0.1, -0.05) is 12.8 Å². The predicted octanol–water partition coefficient (Wildman–Crippen LogP) is 3.47. The van der Waals surface area contributed by atoms with Crippen molar-refractivity contribution in [2.45, 2.75) is 39.5 Å². The van der Waals surface area contributed by atoms with Crippen molar-refractivity contribution in [1.29, 1.82) is 0 Å². The Morgan fingerprint density at radius 2 is 1.67 bits per heavy atom. The minimum Gasteiger partial charge on any atom is -0.465 e. The lowest BCUT2D eigenvalue weighted by molar-refractivity contribution is -0.161. The summed E-state index contributed by atoms with van der Waals surface area (Å²) in [5.41, 5.74) is 0.773. The first-order chi connectivity index (χ1) is 11.7. The topological polar surface area (TPSA) is 90.2 Å². The number of carbonyl (C=O) groups is 2. The summed E-state index contributed by atoms with van der Waals surface area (Å²) < 4.78 is 9.88. The van der Waals surface area contributed by atoms with Gasteiger partial charge in [0.2, 0.25) is 0 Å². The lowest BCUT2D eigenvalue weighted by Gasteiger charge is -2.13. The minimum absolute atomic E-state index is 0.254. The summed E-state index contributed by atoms with van der Waals surface area (Å²) in [6.45, 7) is 4.54. The van der Waals surface area contributed by atoms with Crippen molar-refractivity contribution >= 4 is 17.6 Å². The Morgan fingerprint density at radius 1 is 1.04 bits per heavy atom. The molecule has 0 amide bonds. The Hall–Kier alpha value is -2.31. The Labute approximate surface area is 142 Å². The number of nitrogens with zero attached hydrogens (tertiary/aromatic N) is 3. The number of hydrogen-bond donors (Lipinski definition) is 0. The van der Waals surface area contributed by atoms with E-state index in [4.69, 9.17) is 9.47 Å². The van der Waals surface area contributed by atoms with Crippen LogP contribution < -0.4 is 0 Å². The van der Waals surface area contributed by atoms with E-state index in [-0.39, 0.29) is 13.2 Å². The zero-order valence-corrected chi connectivity index (χ0v) is 14.3. The van der Waals surface area contributed by atoms with Crippen LogP contribution in [0.1, 0.15) is 39.5 Å². The van der Waals surface area contributed by atoms with E-state index in [2.05, 4.69) is 15.2 Å². The summed E-state index contributed by atoms with van der Waals surface area (Å²) in [6, 6.07) is 3.57. The summed E-state index contributed by atoms with van der Waals surface area (Å²) in [5, 5.41) is 8.18. The Balaban J connectivity index is 2.28. The normalized spacial score (nSPS) is 11.0. The lowest BCUT2D eigenvalue weighted by atomic mass is 10.0. The van der Waals surface area contributed by atoms with Gasteiger partial charge in [0.15, 0.2) is 5.92 Å². The second kappa shape index (κ2) is 12.2. The molecule has 1 aromatic rings. The van der Waals surface area contributed by atoms with Crippen LogP contribution in [0.3, 0.4) is 0 Å². The van der Waals surface area contributed by atoms with Crippen LogP contribution in [0.4, 0.5) is 5.69 Å². The quantitative estimate of drug-likeness (QED) is 0.267. The van der Waals surface area contributed by atoms with Gasteiger partial charge in [-0.3, -0.25) is 14.6 Å². The number of azo groups is 1. The van der Waals surface area contributed by atoms with Crippen molar-refractivity contribution in [3.8, 4) is 0 Å². The average Bonchev–Trinajstić information content (AvgIpc) is 2.58. The highest BCUT2D eigenvalue weighted by Crippen LogP contribution is 2.15. The van der Waals surface area contributed by atoms with Crippen molar-refractivity contribution in [3.63, 3.8) is 0 Å². The number of unbranched alkanes of at least 4 members (excludes halogenated alkanes) is 2. The van der Waals surface area contributed by atoms with Gasteiger partial charge >= 0.3 is 11.9 Å². The molecule has 1 heterocycles. The van der Waals surface area contributed by atoms with E-state index in [1.807, 2.05) is 0 Å². The van der Waals surface area contributed by atoms with Crippen LogP contribution in [0.2, 0.25) is 0 Å². The van der Waals surface area contributed by atoms with Crippen molar-refractivity contribution in [3.05, 3.63) is 24.5 Å². The van der Waals surface area contributed by atoms with Gasteiger partial charge in [-0.15, -0.1) is 0 Å². The first-order valence-electron chi connectivity index (χ1n) is 8.29. The van der Waals surface area contributed by atoms with Gasteiger partial charge in [-0.2, -0.15) is 10.2 Å². The fourth-order valence-corrected chi connectivity index (χ4v) is 2.07. The maximum Gasteiger partial charge on any atom is 0.320 e. The van der Waals surface area contributed by atoms with Crippen LogP contribution in [-0.2, 0) is 19.1 Å². The maximum atomic E-state index is 11.8. The fourth-order valence-electron chi connectivity index (χ4n) is 2.07. The summed E-state index contributed by atoms with van der Waals surface area (Å²) in [7, 11) is 0.